The molecule has 5 heteroatoms. The Kier molecular flexibility index (Phi) is 2.82. The third-order valence-corrected chi connectivity index (χ3v) is 2.30. The molecule has 0 aliphatic carbocycles. The zero-order chi connectivity index (χ0) is 10.7. The Hall–Kier alpha value is -1.62. The van der Waals surface area contributed by atoms with Gasteiger partial charge in [0.25, 0.3) is 0 Å². The average molecular weight is 206 g/mol. The van der Waals surface area contributed by atoms with Gasteiger partial charge >= 0.3 is 0 Å². The Labute approximate surface area is 87.9 Å². The maximum atomic E-state index is 5.85. The highest BCUT2D eigenvalue weighted by Gasteiger charge is 2.08. The summed E-state index contributed by atoms with van der Waals surface area (Å²) < 4.78 is 6.74. The van der Waals surface area contributed by atoms with Crippen LogP contribution >= 0.6 is 0 Å². The smallest absolute Gasteiger partial charge is 0.0994 e. The lowest BCUT2D eigenvalue weighted by molar-refractivity contribution is 0.558. The molecule has 0 amide bonds. The zero-order valence-corrected chi connectivity index (χ0v) is 8.63. The molecule has 0 aliphatic heterocycles. The standard InChI is InChI=1S/C10H14N4O/c1-2-9(11)10-6-14(13-12-10)5-8-3-4-15-7-8/h3-4,6-7,9H,2,5,11H2,1H3. The Bertz CT molecular complexity index is 407. The van der Waals surface area contributed by atoms with Gasteiger partial charge in [0.15, 0.2) is 0 Å². The van der Waals surface area contributed by atoms with Gasteiger partial charge in [-0.05, 0) is 12.5 Å². The zero-order valence-electron chi connectivity index (χ0n) is 8.63. The van der Waals surface area contributed by atoms with Gasteiger partial charge in [0, 0.05) is 5.56 Å². The van der Waals surface area contributed by atoms with E-state index in [1.807, 2.05) is 19.2 Å². The maximum Gasteiger partial charge on any atom is 0.0994 e. The van der Waals surface area contributed by atoms with Crippen molar-refractivity contribution in [1.29, 1.82) is 0 Å². The number of furan rings is 1. The third-order valence-electron chi connectivity index (χ3n) is 2.30. The summed E-state index contributed by atoms with van der Waals surface area (Å²) in [5, 5.41) is 8.03. The van der Waals surface area contributed by atoms with Gasteiger partial charge in [-0.3, -0.25) is 0 Å². The SMILES string of the molecule is CCC(N)c1cn(Cc2ccoc2)nn1. The van der Waals surface area contributed by atoms with Crippen molar-refractivity contribution in [2.75, 3.05) is 0 Å². The highest BCUT2D eigenvalue weighted by molar-refractivity contribution is 5.07. The van der Waals surface area contributed by atoms with Gasteiger partial charge < -0.3 is 10.2 Å². The number of rotatable bonds is 4. The van der Waals surface area contributed by atoms with Gasteiger partial charge in [-0.1, -0.05) is 12.1 Å². The predicted molar refractivity (Wildman–Crippen MR) is 55.1 cm³/mol. The molecule has 0 saturated heterocycles. The molecule has 2 heterocycles. The van der Waals surface area contributed by atoms with Gasteiger partial charge in [-0.25, -0.2) is 4.68 Å². The van der Waals surface area contributed by atoms with Crippen molar-refractivity contribution in [3.63, 3.8) is 0 Å². The first-order valence-corrected chi connectivity index (χ1v) is 4.96. The Morgan fingerprint density at radius 2 is 2.47 bits per heavy atom. The Balaban J connectivity index is 2.07. The monoisotopic (exact) mass is 206 g/mol. The van der Waals surface area contributed by atoms with Gasteiger partial charge in [0.1, 0.15) is 0 Å². The molecule has 0 aliphatic rings. The molecule has 5 nitrogen and oxygen atoms in total. The molecule has 0 aromatic carbocycles. The molecule has 1 unspecified atom stereocenters. The molecule has 0 saturated carbocycles. The topological polar surface area (TPSA) is 69.9 Å². The quantitative estimate of drug-likeness (QED) is 0.819. The average Bonchev–Trinajstić information content (AvgIpc) is 2.88. The van der Waals surface area contributed by atoms with Crippen LogP contribution in [0.15, 0.2) is 29.2 Å². The highest BCUT2D eigenvalue weighted by Crippen LogP contribution is 2.10. The first kappa shape index (κ1) is 9.92. The molecule has 1 atom stereocenters. The Morgan fingerprint density at radius 3 is 3.13 bits per heavy atom. The van der Waals surface area contributed by atoms with Crippen molar-refractivity contribution in [2.45, 2.75) is 25.9 Å². The van der Waals surface area contributed by atoms with Crippen LogP contribution in [0.1, 0.15) is 30.6 Å². The summed E-state index contributed by atoms with van der Waals surface area (Å²) in [6, 6.07) is 1.88. The summed E-state index contributed by atoms with van der Waals surface area (Å²) in [5.74, 6) is 0. The van der Waals surface area contributed by atoms with Gasteiger partial charge in [-0.2, -0.15) is 0 Å². The van der Waals surface area contributed by atoms with E-state index in [0.29, 0.717) is 6.54 Å². The third kappa shape index (κ3) is 2.24. The highest BCUT2D eigenvalue weighted by atomic mass is 16.3. The van der Waals surface area contributed by atoms with Gasteiger partial charge in [0.05, 0.1) is 37.0 Å². The van der Waals surface area contributed by atoms with Crippen LogP contribution < -0.4 is 5.73 Å². The van der Waals surface area contributed by atoms with Crippen molar-refractivity contribution < 1.29 is 4.42 Å². The predicted octanol–water partition coefficient (Wildman–Crippen LogP) is 1.33. The van der Waals surface area contributed by atoms with Crippen LogP contribution in [0.25, 0.3) is 0 Å². The molecule has 0 bridgehead atoms. The number of aromatic nitrogens is 3. The molecule has 2 N–H and O–H groups in total. The summed E-state index contributed by atoms with van der Waals surface area (Å²) in [6.45, 7) is 2.69. The largest absolute Gasteiger partial charge is 0.472 e. The van der Waals surface area contributed by atoms with E-state index in [9.17, 15) is 0 Å². The number of hydrogen-bond acceptors (Lipinski definition) is 4. The van der Waals surface area contributed by atoms with Crippen LogP contribution in [0.4, 0.5) is 0 Å². The van der Waals surface area contributed by atoms with Crippen LogP contribution in [-0.2, 0) is 6.54 Å². The minimum atomic E-state index is -0.0249. The van der Waals surface area contributed by atoms with E-state index in [1.165, 1.54) is 0 Å². The minimum Gasteiger partial charge on any atom is -0.472 e. The van der Waals surface area contributed by atoms with Crippen molar-refractivity contribution >= 4 is 0 Å². The van der Waals surface area contributed by atoms with Crippen molar-refractivity contribution in [3.05, 3.63) is 36.0 Å². The van der Waals surface area contributed by atoms with E-state index < -0.39 is 0 Å². The molecule has 2 aromatic rings. The van der Waals surface area contributed by atoms with Gasteiger partial charge in [-0.15, -0.1) is 5.10 Å². The number of nitrogens with two attached hydrogens (primary N) is 1. The lowest BCUT2D eigenvalue weighted by atomic mass is 10.2. The van der Waals surface area contributed by atoms with E-state index in [1.54, 1.807) is 17.2 Å². The van der Waals surface area contributed by atoms with Crippen LogP contribution in [0.2, 0.25) is 0 Å². The maximum absolute atomic E-state index is 5.85. The first-order chi connectivity index (χ1) is 7.29. The summed E-state index contributed by atoms with van der Waals surface area (Å²) in [4.78, 5) is 0. The summed E-state index contributed by atoms with van der Waals surface area (Å²) >= 11 is 0. The summed E-state index contributed by atoms with van der Waals surface area (Å²) in [6.07, 6.45) is 6.08. The lowest BCUT2D eigenvalue weighted by Gasteiger charge is -2.01. The van der Waals surface area contributed by atoms with Crippen LogP contribution in [-0.4, -0.2) is 15.0 Å². The number of nitrogens with zero attached hydrogens (tertiary/aromatic N) is 3. The fraction of sp³-hybridized carbons (Fsp3) is 0.400. The van der Waals surface area contributed by atoms with E-state index in [2.05, 4.69) is 10.3 Å². The molecule has 2 aromatic heterocycles. The van der Waals surface area contributed by atoms with Gasteiger partial charge in [0.2, 0.25) is 0 Å². The second-order valence-electron chi connectivity index (χ2n) is 3.49. The molecule has 2 rings (SSSR count). The van der Waals surface area contributed by atoms with Crippen molar-refractivity contribution in [1.82, 2.24) is 15.0 Å². The number of hydrogen-bond donors (Lipinski definition) is 1. The van der Waals surface area contributed by atoms with Crippen LogP contribution in [0.3, 0.4) is 0 Å². The fourth-order valence-electron chi connectivity index (χ4n) is 1.34. The second kappa shape index (κ2) is 4.27. The van der Waals surface area contributed by atoms with Crippen LogP contribution in [0.5, 0.6) is 0 Å². The Morgan fingerprint density at radius 1 is 1.60 bits per heavy atom. The first-order valence-electron chi connectivity index (χ1n) is 4.96. The molecule has 0 radical (unpaired) electrons. The normalized spacial score (nSPS) is 12.9. The molecule has 15 heavy (non-hydrogen) atoms. The van der Waals surface area contributed by atoms with E-state index in [-0.39, 0.29) is 6.04 Å². The van der Waals surface area contributed by atoms with Crippen LogP contribution in [0, 0.1) is 0 Å². The van der Waals surface area contributed by atoms with E-state index in [0.717, 1.165) is 17.7 Å². The minimum absolute atomic E-state index is 0.0249. The molecule has 0 spiro atoms. The molecular formula is C10H14N4O. The second-order valence-corrected chi connectivity index (χ2v) is 3.49. The molecule has 80 valence electrons. The summed E-state index contributed by atoms with van der Waals surface area (Å²) in [7, 11) is 0. The molecular weight excluding hydrogens is 192 g/mol. The van der Waals surface area contributed by atoms with E-state index in [4.69, 9.17) is 10.2 Å². The van der Waals surface area contributed by atoms with Crippen molar-refractivity contribution in [2.24, 2.45) is 5.73 Å². The van der Waals surface area contributed by atoms with Crippen molar-refractivity contribution in [3.8, 4) is 0 Å². The molecule has 0 fully saturated rings. The fourth-order valence-corrected chi connectivity index (χ4v) is 1.34. The van der Waals surface area contributed by atoms with E-state index >= 15 is 0 Å². The lowest BCUT2D eigenvalue weighted by Crippen LogP contribution is -2.08. The summed E-state index contributed by atoms with van der Waals surface area (Å²) in [5.41, 5.74) is 7.75.